The quantitative estimate of drug-likeness (QED) is 0.209. The molecule has 1 aliphatic carbocycles. The van der Waals surface area contributed by atoms with Crippen molar-refractivity contribution in [2.45, 2.75) is 70.1 Å². The average molecular weight is 681 g/mol. The van der Waals surface area contributed by atoms with Crippen LogP contribution in [0.2, 0.25) is 0 Å². The van der Waals surface area contributed by atoms with Gasteiger partial charge in [-0.3, -0.25) is 0 Å². The number of alkyl carbamates (subject to hydrolysis) is 1. The van der Waals surface area contributed by atoms with E-state index in [4.69, 9.17) is 9.47 Å². The van der Waals surface area contributed by atoms with Crippen LogP contribution < -0.4 is 5.32 Å². The third-order valence-electron chi connectivity index (χ3n) is 7.53. The van der Waals surface area contributed by atoms with Crippen LogP contribution in [0.15, 0.2) is 66.7 Å². The van der Waals surface area contributed by atoms with E-state index in [1.807, 2.05) is 48.5 Å². The smallest absolute Gasteiger partial charge is 0.416 e. The Labute approximate surface area is 272 Å². The number of benzene rings is 3. The number of hydrogen-bond acceptors (Lipinski definition) is 5. The summed E-state index contributed by atoms with van der Waals surface area (Å²) < 4.78 is 91.3. The number of rotatable bonds is 10. The second-order valence-corrected chi connectivity index (χ2v) is 12.3. The van der Waals surface area contributed by atoms with Gasteiger partial charge < -0.3 is 24.8 Å². The highest BCUT2D eigenvalue weighted by Gasteiger charge is 2.37. The van der Waals surface area contributed by atoms with Crippen molar-refractivity contribution in [3.63, 3.8) is 0 Å². The number of carboxylic acid groups (broad SMARTS) is 1. The minimum Gasteiger partial charge on any atom is -0.480 e. The number of carboxylic acids is 1. The Bertz CT molecular complexity index is 1570. The molecule has 1 aliphatic rings. The number of halogens is 6. The number of carbonyl (C=O) groups excluding carboxylic acids is 2. The summed E-state index contributed by atoms with van der Waals surface area (Å²) in [5.74, 6) is -1.69. The van der Waals surface area contributed by atoms with Gasteiger partial charge in [-0.25, -0.2) is 14.4 Å². The molecule has 2 amide bonds. The van der Waals surface area contributed by atoms with E-state index in [1.165, 1.54) is 20.8 Å². The lowest BCUT2D eigenvalue weighted by Gasteiger charge is -2.28. The zero-order valence-electron chi connectivity index (χ0n) is 26.2. The van der Waals surface area contributed by atoms with E-state index in [1.54, 1.807) is 0 Å². The summed E-state index contributed by atoms with van der Waals surface area (Å²) in [6.45, 7) is 3.48. The van der Waals surface area contributed by atoms with Gasteiger partial charge in [0, 0.05) is 19.0 Å². The lowest BCUT2D eigenvalue weighted by molar-refractivity contribution is -0.143. The van der Waals surface area contributed by atoms with E-state index in [9.17, 15) is 45.8 Å². The Balaban J connectivity index is 1.43. The number of alkyl halides is 6. The second-order valence-electron chi connectivity index (χ2n) is 12.3. The first kappa shape index (κ1) is 36.1. The molecule has 1 atom stereocenters. The molecule has 0 fully saturated rings. The van der Waals surface area contributed by atoms with E-state index in [2.05, 4.69) is 5.32 Å². The molecule has 0 radical (unpaired) electrons. The number of aliphatic carboxylic acids is 1. The molecule has 3 aromatic carbocycles. The summed E-state index contributed by atoms with van der Waals surface area (Å²) in [7, 11) is 0. The minimum absolute atomic E-state index is 0.0201. The summed E-state index contributed by atoms with van der Waals surface area (Å²) in [5.41, 5.74) is -0.716. The maximum absolute atomic E-state index is 13.4. The molecule has 0 saturated carbocycles. The molecule has 0 unspecified atom stereocenters. The van der Waals surface area contributed by atoms with Crippen molar-refractivity contribution in [2.24, 2.45) is 0 Å². The summed E-state index contributed by atoms with van der Waals surface area (Å²) in [6, 6.07) is 14.8. The Kier molecular flexibility index (Phi) is 10.6. The van der Waals surface area contributed by atoms with Crippen LogP contribution in [-0.2, 0) is 33.2 Å². The largest absolute Gasteiger partial charge is 0.480 e. The first-order valence-corrected chi connectivity index (χ1v) is 14.9. The molecular weight excluding hydrogens is 646 g/mol. The van der Waals surface area contributed by atoms with Gasteiger partial charge in [-0.1, -0.05) is 48.5 Å². The van der Waals surface area contributed by atoms with Gasteiger partial charge in [0.15, 0.2) is 0 Å². The number of ether oxygens (including phenoxy) is 2. The Morgan fingerprint density at radius 3 is 1.85 bits per heavy atom. The molecular formula is C34H34F6N2O6. The Morgan fingerprint density at radius 1 is 0.854 bits per heavy atom. The fourth-order valence-corrected chi connectivity index (χ4v) is 5.42. The molecule has 0 aliphatic heterocycles. The summed E-state index contributed by atoms with van der Waals surface area (Å²) in [5, 5.41) is 12.0. The van der Waals surface area contributed by atoms with Crippen molar-refractivity contribution in [3.05, 3.63) is 94.5 Å². The molecule has 4 rings (SSSR count). The van der Waals surface area contributed by atoms with E-state index in [0.717, 1.165) is 27.2 Å². The van der Waals surface area contributed by atoms with Crippen molar-refractivity contribution in [1.29, 1.82) is 0 Å². The average Bonchev–Trinajstić information content (AvgIpc) is 3.30. The van der Waals surface area contributed by atoms with E-state index in [-0.39, 0.29) is 38.0 Å². The molecule has 3 aromatic rings. The highest BCUT2D eigenvalue weighted by molar-refractivity contribution is 5.81. The molecule has 0 aromatic heterocycles. The van der Waals surface area contributed by atoms with Gasteiger partial charge in [0.05, 0.1) is 11.1 Å². The number of nitrogens with one attached hydrogen (secondary N) is 1. The van der Waals surface area contributed by atoms with E-state index >= 15 is 0 Å². The fourth-order valence-electron chi connectivity index (χ4n) is 5.42. The third-order valence-corrected chi connectivity index (χ3v) is 7.53. The number of nitrogens with zero attached hydrogens (tertiary/aromatic N) is 1. The normalized spacial score (nSPS) is 13.7. The number of fused-ring (bicyclic) bond motifs is 3. The zero-order valence-corrected chi connectivity index (χ0v) is 26.2. The maximum Gasteiger partial charge on any atom is 0.416 e. The molecule has 8 nitrogen and oxygen atoms in total. The van der Waals surface area contributed by atoms with Crippen LogP contribution >= 0.6 is 0 Å². The number of carbonyl (C=O) groups is 3. The van der Waals surface area contributed by atoms with Crippen LogP contribution in [-0.4, -0.2) is 53.0 Å². The lowest BCUT2D eigenvalue weighted by atomic mass is 9.98. The maximum atomic E-state index is 13.4. The predicted molar refractivity (Wildman–Crippen MR) is 162 cm³/mol. The van der Waals surface area contributed by atoms with Crippen LogP contribution in [0.3, 0.4) is 0 Å². The van der Waals surface area contributed by atoms with Gasteiger partial charge in [-0.15, -0.1) is 0 Å². The number of amides is 2. The van der Waals surface area contributed by atoms with Crippen LogP contribution in [0.4, 0.5) is 35.9 Å². The van der Waals surface area contributed by atoms with Gasteiger partial charge in [-0.2, -0.15) is 26.3 Å². The molecule has 0 bridgehead atoms. The van der Waals surface area contributed by atoms with Crippen molar-refractivity contribution in [1.82, 2.24) is 10.2 Å². The van der Waals surface area contributed by atoms with Crippen molar-refractivity contribution >= 4 is 18.2 Å². The molecule has 0 saturated heterocycles. The monoisotopic (exact) mass is 680 g/mol. The summed E-state index contributed by atoms with van der Waals surface area (Å²) in [6.07, 6.45) is -12.6. The number of hydrogen-bond donors (Lipinski definition) is 2. The van der Waals surface area contributed by atoms with Crippen molar-refractivity contribution < 1.29 is 55.3 Å². The fraction of sp³-hybridized carbons (Fsp3) is 0.382. The van der Waals surface area contributed by atoms with Gasteiger partial charge in [-0.05, 0) is 79.6 Å². The highest BCUT2D eigenvalue weighted by Crippen LogP contribution is 2.44. The molecule has 48 heavy (non-hydrogen) atoms. The van der Waals surface area contributed by atoms with Gasteiger partial charge >= 0.3 is 30.5 Å². The molecule has 14 heteroatoms. The third kappa shape index (κ3) is 9.20. The summed E-state index contributed by atoms with van der Waals surface area (Å²) in [4.78, 5) is 38.5. The second kappa shape index (κ2) is 14.2. The van der Waals surface area contributed by atoms with Crippen LogP contribution in [0, 0.1) is 0 Å². The van der Waals surface area contributed by atoms with Gasteiger partial charge in [0.2, 0.25) is 0 Å². The topological polar surface area (TPSA) is 105 Å². The Morgan fingerprint density at radius 2 is 1.38 bits per heavy atom. The molecule has 2 N–H and O–H groups in total. The zero-order chi connectivity index (χ0) is 35.4. The van der Waals surface area contributed by atoms with Gasteiger partial charge in [0.25, 0.3) is 0 Å². The lowest BCUT2D eigenvalue weighted by Crippen LogP contribution is -2.42. The Hall–Kier alpha value is -4.75. The van der Waals surface area contributed by atoms with E-state index < -0.39 is 65.4 Å². The first-order valence-electron chi connectivity index (χ1n) is 14.9. The van der Waals surface area contributed by atoms with Gasteiger partial charge in [0.1, 0.15) is 18.2 Å². The highest BCUT2D eigenvalue weighted by atomic mass is 19.4. The van der Waals surface area contributed by atoms with Crippen LogP contribution in [0.25, 0.3) is 11.1 Å². The molecule has 0 spiro atoms. The van der Waals surface area contributed by atoms with Crippen LogP contribution in [0.1, 0.15) is 67.3 Å². The van der Waals surface area contributed by atoms with Crippen LogP contribution in [0.5, 0.6) is 0 Å². The standard InChI is InChI=1S/C34H34F6N2O6/c1-32(2,3)48-31(46)42(18-20-15-21(33(35,36)37)17-22(16-20)34(38,39)40)14-8-13-28(29(43)44)41-30(45)47-19-27-25-11-6-4-9-23(25)24-10-5-7-12-26(24)27/h4-7,9-12,15-17,27-28H,8,13-14,18-19H2,1-3H3,(H,41,45)(H,43,44)/t28-/m0/s1. The molecule has 258 valence electrons. The summed E-state index contributed by atoms with van der Waals surface area (Å²) >= 11 is 0. The minimum atomic E-state index is -5.09. The predicted octanol–water partition coefficient (Wildman–Crippen LogP) is 8.23. The SMILES string of the molecule is CC(C)(C)OC(=O)N(CCC[C@H](NC(=O)OCC1c2ccccc2-c2ccccc21)C(=O)O)Cc1cc(C(F)(F)F)cc(C(F)(F)F)c1. The van der Waals surface area contributed by atoms with E-state index in [0.29, 0.717) is 12.1 Å². The van der Waals surface area contributed by atoms with Crippen molar-refractivity contribution in [3.8, 4) is 11.1 Å². The molecule has 0 heterocycles. The van der Waals surface area contributed by atoms with Crippen molar-refractivity contribution in [2.75, 3.05) is 13.2 Å². The first-order chi connectivity index (χ1) is 22.3.